The Morgan fingerprint density at radius 3 is 2.88 bits per heavy atom. The molecule has 2 aromatic rings. The van der Waals surface area contributed by atoms with Gasteiger partial charge in [-0.2, -0.15) is 0 Å². The number of benzene rings is 1. The summed E-state index contributed by atoms with van der Waals surface area (Å²) in [5.41, 5.74) is 0.681. The van der Waals surface area contributed by atoms with Gasteiger partial charge in [0.25, 0.3) is 0 Å². The maximum Gasteiger partial charge on any atom is 0.191 e. The molecule has 0 bridgehead atoms. The number of aryl methyl sites for hydroxylation is 1. The summed E-state index contributed by atoms with van der Waals surface area (Å²) in [5.74, 6) is 0.540. The molecule has 1 aromatic heterocycles. The summed E-state index contributed by atoms with van der Waals surface area (Å²) in [7, 11) is 0. The lowest BCUT2D eigenvalue weighted by atomic mass is 10.1. The van der Waals surface area contributed by atoms with E-state index in [1.165, 1.54) is 10.9 Å². The fourth-order valence-corrected chi connectivity index (χ4v) is 3.32. The molecule has 0 amide bonds. The third-order valence-corrected chi connectivity index (χ3v) is 4.98. The molecule has 130 valence electrons. The van der Waals surface area contributed by atoms with E-state index < -0.39 is 0 Å². The Bertz CT molecular complexity index is 687. The van der Waals surface area contributed by atoms with Crippen LogP contribution in [0.4, 0.5) is 4.39 Å². The third-order valence-electron chi connectivity index (χ3n) is 3.36. The topological polar surface area (TPSA) is 49.3 Å². The fraction of sp³-hybridized carbons (Fsp3) is 0.412. The molecular formula is C17H22BrFN4S. The van der Waals surface area contributed by atoms with Gasteiger partial charge in [0.05, 0.1) is 6.54 Å². The molecule has 0 unspecified atom stereocenters. The molecule has 0 aliphatic carbocycles. The molecule has 24 heavy (non-hydrogen) atoms. The fourth-order valence-electron chi connectivity index (χ4n) is 2.12. The Hall–Kier alpha value is -1.47. The number of nitrogens with zero attached hydrogens (tertiary/aromatic N) is 2. The molecule has 0 saturated carbocycles. The van der Waals surface area contributed by atoms with Crippen LogP contribution in [0.15, 0.2) is 33.9 Å². The molecule has 2 rings (SSSR count). The molecule has 0 saturated heterocycles. The lowest BCUT2D eigenvalue weighted by Crippen LogP contribution is -2.38. The molecule has 0 radical (unpaired) electrons. The number of thiazole rings is 1. The van der Waals surface area contributed by atoms with E-state index >= 15 is 0 Å². The Balaban J connectivity index is 1.90. The molecule has 0 aliphatic heterocycles. The van der Waals surface area contributed by atoms with Crippen molar-refractivity contribution in [1.82, 2.24) is 15.6 Å². The Kier molecular flexibility index (Phi) is 7.65. The van der Waals surface area contributed by atoms with E-state index in [0.717, 1.165) is 28.4 Å². The van der Waals surface area contributed by atoms with Gasteiger partial charge in [0.2, 0.25) is 0 Å². The van der Waals surface area contributed by atoms with E-state index in [9.17, 15) is 4.39 Å². The van der Waals surface area contributed by atoms with Crippen LogP contribution in [-0.4, -0.2) is 24.0 Å². The predicted molar refractivity (Wildman–Crippen MR) is 102 cm³/mol. The number of aliphatic imine (C=N–C) groups is 1. The molecule has 0 atom stereocenters. The SMILES string of the molecule is CCNC(=NCc1ncc(CC)s1)NCCc1cc(Br)ccc1F. The highest BCUT2D eigenvalue weighted by molar-refractivity contribution is 9.10. The molecule has 1 heterocycles. The van der Waals surface area contributed by atoms with Crippen molar-refractivity contribution in [3.05, 3.63) is 50.1 Å². The van der Waals surface area contributed by atoms with Crippen LogP contribution in [-0.2, 0) is 19.4 Å². The Morgan fingerprint density at radius 2 is 2.17 bits per heavy atom. The largest absolute Gasteiger partial charge is 0.357 e. The van der Waals surface area contributed by atoms with Gasteiger partial charge in [-0.25, -0.2) is 14.4 Å². The van der Waals surface area contributed by atoms with E-state index in [4.69, 9.17) is 0 Å². The van der Waals surface area contributed by atoms with Crippen molar-refractivity contribution in [2.24, 2.45) is 4.99 Å². The average Bonchev–Trinajstić information content (AvgIpc) is 3.04. The van der Waals surface area contributed by atoms with E-state index in [-0.39, 0.29) is 5.82 Å². The highest BCUT2D eigenvalue weighted by Crippen LogP contribution is 2.16. The molecular weight excluding hydrogens is 391 g/mol. The summed E-state index contributed by atoms with van der Waals surface area (Å²) in [6.45, 7) is 6.06. The number of hydrogen-bond donors (Lipinski definition) is 2. The van der Waals surface area contributed by atoms with Gasteiger partial charge in [0.15, 0.2) is 5.96 Å². The van der Waals surface area contributed by atoms with Gasteiger partial charge in [-0.05, 0) is 43.5 Å². The molecule has 0 aliphatic rings. The number of guanidine groups is 1. The second-order valence-corrected chi connectivity index (χ2v) is 7.30. The Morgan fingerprint density at radius 1 is 1.33 bits per heavy atom. The summed E-state index contributed by atoms with van der Waals surface area (Å²) in [6.07, 6.45) is 3.50. The van der Waals surface area contributed by atoms with Crippen LogP contribution >= 0.6 is 27.3 Å². The highest BCUT2D eigenvalue weighted by Gasteiger charge is 2.05. The van der Waals surface area contributed by atoms with Crippen molar-refractivity contribution in [3.8, 4) is 0 Å². The standard InChI is InChI=1S/C17H22BrFN4S/c1-3-14-10-22-16(24-14)11-23-17(20-4-2)21-8-7-12-9-13(18)5-6-15(12)19/h5-6,9-10H,3-4,7-8,11H2,1-2H3,(H2,20,21,23). The Labute approximate surface area is 154 Å². The van der Waals surface area contributed by atoms with Crippen molar-refractivity contribution in [2.45, 2.75) is 33.2 Å². The molecule has 0 spiro atoms. The monoisotopic (exact) mass is 412 g/mol. The van der Waals surface area contributed by atoms with Crippen molar-refractivity contribution >= 4 is 33.2 Å². The number of nitrogens with one attached hydrogen (secondary N) is 2. The summed E-state index contributed by atoms with van der Waals surface area (Å²) < 4.78 is 14.6. The summed E-state index contributed by atoms with van der Waals surface area (Å²) in [4.78, 5) is 10.2. The van der Waals surface area contributed by atoms with Crippen LogP contribution < -0.4 is 10.6 Å². The zero-order valence-corrected chi connectivity index (χ0v) is 16.3. The van der Waals surface area contributed by atoms with E-state index in [0.29, 0.717) is 25.1 Å². The first-order valence-electron chi connectivity index (χ1n) is 8.02. The van der Waals surface area contributed by atoms with Crippen molar-refractivity contribution < 1.29 is 4.39 Å². The summed E-state index contributed by atoms with van der Waals surface area (Å²) >= 11 is 5.06. The zero-order valence-electron chi connectivity index (χ0n) is 13.9. The van der Waals surface area contributed by atoms with Gasteiger partial charge >= 0.3 is 0 Å². The van der Waals surface area contributed by atoms with Crippen LogP contribution in [0.3, 0.4) is 0 Å². The van der Waals surface area contributed by atoms with Crippen LogP contribution in [0, 0.1) is 5.82 Å². The van der Waals surface area contributed by atoms with Crippen LogP contribution in [0.1, 0.15) is 29.3 Å². The van der Waals surface area contributed by atoms with E-state index in [1.54, 1.807) is 17.4 Å². The van der Waals surface area contributed by atoms with Gasteiger partial charge < -0.3 is 10.6 Å². The minimum atomic E-state index is -0.183. The molecule has 0 fully saturated rings. The van der Waals surface area contributed by atoms with Gasteiger partial charge in [-0.1, -0.05) is 22.9 Å². The highest BCUT2D eigenvalue weighted by atomic mass is 79.9. The average molecular weight is 413 g/mol. The normalized spacial score (nSPS) is 11.6. The smallest absolute Gasteiger partial charge is 0.191 e. The molecule has 2 N–H and O–H groups in total. The summed E-state index contributed by atoms with van der Waals surface area (Å²) in [6, 6.07) is 4.99. The minimum Gasteiger partial charge on any atom is -0.357 e. The first-order valence-corrected chi connectivity index (χ1v) is 9.63. The molecule has 4 nitrogen and oxygen atoms in total. The van der Waals surface area contributed by atoms with Crippen LogP contribution in [0.5, 0.6) is 0 Å². The lowest BCUT2D eigenvalue weighted by Gasteiger charge is -2.11. The molecule has 1 aromatic carbocycles. The minimum absolute atomic E-state index is 0.183. The van der Waals surface area contributed by atoms with Crippen LogP contribution in [0.2, 0.25) is 0 Å². The number of rotatable bonds is 7. The van der Waals surface area contributed by atoms with Crippen molar-refractivity contribution in [1.29, 1.82) is 0 Å². The van der Waals surface area contributed by atoms with Gasteiger partial charge in [-0.3, -0.25) is 0 Å². The maximum atomic E-state index is 13.7. The van der Waals surface area contributed by atoms with E-state index in [2.05, 4.69) is 43.5 Å². The second-order valence-electron chi connectivity index (χ2n) is 5.18. The zero-order chi connectivity index (χ0) is 17.4. The van der Waals surface area contributed by atoms with Crippen molar-refractivity contribution in [2.75, 3.05) is 13.1 Å². The second kappa shape index (κ2) is 9.74. The first-order chi connectivity index (χ1) is 11.6. The molecule has 7 heteroatoms. The van der Waals surface area contributed by atoms with E-state index in [1.807, 2.05) is 19.2 Å². The van der Waals surface area contributed by atoms with Gasteiger partial charge in [-0.15, -0.1) is 11.3 Å². The number of hydrogen-bond acceptors (Lipinski definition) is 3. The predicted octanol–water partition coefficient (Wildman–Crippen LogP) is 3.90. The van der Waals surface area contributed by atoms with Gasteiger partial charge in [0.1, 0.15) is 10.8 Å². The van der Waals surface area contributed by atoms with Crippen molar-refractivity contribution in [3.63, 3.8) is 0 Å². The summed E-state index contributed by atoms with van der Waals surface area (Å²) in [5, 5.41) is 7.44. The first kappa shape index (κ1) is 18.9. The maximum absolute atomic E-state index is 13.7. The van der Waals surface area contributed by atoms with Crippen LogP contribution in [0.25, 0.3) is 0 Å². The quantitative estimate of drug-likeness (QED) is 0.535. The number of aromatic nitrogens is 1. The van der Waals surface area contributed by atoms with Gasteiger partial charge in [0, 0.05) is 28.6 Å². The lowest BCUT2D eigenvalue weighted by molar-refractivity contribution is 0.606. The number of halogens is 2. The third kappa shape index (κ3) is 5.87.